The number of aryl methyl sites for hydroxylation is 1. The average Bonchev–Trinajstić information content (AvgIpc) is 2.66. The SMILES string of the molecule is Cn1cc(Sc2cc(C(N)=O)c(N)cn2)cn1. The maximum Gasteiger partial charge on any atom is 0.250 e. The van der Waals surface area contributed by atoms with Gasteiger partial charge in [-0.25, -0.2) is 4.98 Å². The number of amides is 1. The normalized spacial score (nSPS) is 10.4. The number of rotatable bonds is 3. The molecule has 0 fully saturated rings. The molecule has 0 atom stereocenters. The van der Waals surface area contributed by atoms with Crippen LogP contribution in [0.4, 0.5) is 5.69 Å². The molecule has 6 nitrogen and oxygen atoms in total. The van der Waals surface area contributed by atoms with E-state index in [-0.39, 0.29) is 11.3 Å². The van der Waals surface area contributed by atoms with Crippen LogP contribution in [-0.4, -0.2) is 20.7 Å². The van der Waals surface area contributed by atoms with Crippen LogP contribution in [-0.2, 0) is 7.05 Å². The molecule has 1 amide bonds. The van der Waals surface area contributed by atoms with Gasteiger partial charge in [0.15, 0.2) is 0 Å². The highest BCUT2D eigenvalue weighted by atomic mass is 32.2. The lowest BCUT2D eigenvalue weighted by atomic mass is 10.2. The molecule has 4 N–H and O–H groups in total. The van der Waals surface area contributed by atoms with Crippen molar-refractivity contribution in [2.45, 2.75) is 9.92 Å². The highest BCUT2D eigenvalue weighted by Gasteiger charge is 2.09. The van der Waals surface area contributed by atoms with Crippen molar-refractivity contribution in [3.63, 3.8) is 0 Å². The van der Waals surface area contributed by atoms with E-state index in [1.165, 1.54) is 18.0 Å². The second kappa shape index (κ2) is 4.46. The maximum atomic E-state index is 11.1. The fourth-order valence-corrected chi connectivity index (χ4v) is 2.12. The van der Waals surface area contributed by atoms with E-state index in [4.69, 9.17) is 11.5 Å². The first-order chi connectivity index (χ1) is 8.06. The largest absolute Gasteiger partial charge is 0.397 e. The van der Waals surface area contributed by atoms with Crippen molar-refractivity contribution in [2.24, 2.45) is 12.8 Å². The Bertz CT molecular complexity index is 566. The molecule has 0 aromatic carbocycles. The molecular formula is C10H11N5OS. The number of nitrogens with two attached hydrogens (primary N) is 2. The zero-order chi connectivity index (χ0) is 12.4. The Kier molecular flexibility index (Phi) is 3.01. The van der Waals surface area contributed by atoms with Gasteiger partial charge in [0.1, 0.15) is 5.03 Å². The fourth-order valence-electron chi connectivity index (χ4n) is 1.29. The summed E-state index contributed by atoms with van der Waals surface area (Å²) in [6.07, 6.45) is 5.00. The van der Waals surface area contributed by atoms with Crippen LogP contribution in [0.15, 0.2) is 34.6 Å². The van der Waals surface area contributed by atoms with Crippen molar-refractivity contribution in [3.8, 4) is 0 Å². The van der Waals surface area contributed by atoms with Gasteiger partial charge in [-0.1, -0.05) is 11.8 Å². The van der Waals surface area contributed by atoms with Gasteiger partial charge in [-0.3, -0.25) is 9.48 Å². The number of hydrogen-bond acceptors (Lipinski definition) is 5. The lowest BCUT2D eigenvalue weighted by Gasteiger charge is -2.03. The number of primary amides is 1. The number of hydrogen-bond donors (Lipinski definition) is 2. The van der Waals surface area contributed by atoms with E-state index in [1.54, 1.807) is 16.9 Å². The van der Waals surface area contributed by atoms with Crippen molar-refractivity contribution in [1.29, 1.82) is 0 Å². The standard InChI is InChI=1S/C10H11N5OS/c1-15-5-6(3-14-15)17-9-2-7(10(12)16)8(11)4-13-9/h2-5H,11H2,1H3,(H2,12,16). The number of aromatic nitrogens is 3. The summed E-state index contributed by atoms with van der Waals surface area (Å²) >= 11 is 1.39. The van der Waals surface area contributed by atoms with Crippen molar-refractivity contribution in [1.82, 2.24) is 14.8 Å². The molecule has 0 aliphatic rings. The Morgan fingerprint density at radius 1 is 1.47 bits per heavy atom. The Hall–Kier alpha value is -2.02. The van der Waals surface area contributed by atoms with Crippen LogP contribution in [0.3, 0.4) is 0 Å². The van der Waals surface area contributed by atoms with Gasteiger partial charge in [0.25, 0.3) is 5.91 Å². The summed E-state index contributed by atoms with van der Waals surface area (Å²) in [7, 11) is 1.83. The van der Waals surface area contributed by atoms with E-state index in [1.807, 2.05) is 13.2 Å². The Morgan fingerprint density at radius 2 is 2.24 bits per heavy atom. The van der Waals surface area contributed by atoms with Crippen LogP contribution in [0, 0.1) is 0 Å². The molecule has 0 aliphatic heterocycles. The predicted molar refractivity (Wildman–Crippen MR) is 64.5 cm³/mol. The molecule has 2 aromatic heterocycles. The van der Waals surface area contributed by atoms with Crippen LogP contribution in [0.25, 0.3) is 0 Å². The molecule has 0 radical (unpaired) electrons. The van der Waals surface area contributed by atoms with Gasteiger partial charge in [-0.05, 0) is 6.07 Å². The van der Waals surface area contributed by atoms with Gasteiger partial charge in [-0.2, -0.15) is 5.10 Å². The Morgan fingerprint density at radius 3 is 2.82 bits per heavy atom. The molecule has 0 unspecified atom stereocenters. The van der Waals surface area contributed by atoms with Crippen molar-refractivity contribution < 1.29 is 4.79 Å². The van der Waals surface area contributed by atoms with E-state index in [0.29, 0.717) is 5.03 Å². The third-order valence-electron chi connectivity index (χ3n) is 2.08. The van der Waals surface area contributed by atoms with Crippen molar-refractivity contribution in [2.75, 3.05) is 5.73 Å². The van der Waals surface area contributed by atoms with Crippen LogP contribution >= 0.6 is 11.8 Å². The van der Waals surface area contributed by atoms with Crippen molar-refractivity contribution >= 4 is 23.4 Å². The summed E-state index contributed by atoms with van der Waals surface area (Å²) < 4.78 is 1.69. The highest BCUT2D eigenvalue weighted by Crippen LogP contribution is 2.27. The van der Waals surface area contributed by atoms with Crippen LogP contribution in [0.1, 0.15) is 10.4 Å². The second-order valence-electron chi connectivity index (χ2n) is 3.43. The lowest BCUT2D eigenvalue weighted by molar-refractivity contribution is 0.100. The second-order valence-corrected chi connectivity index (χ2v) is 4.52. The molecule has 2 aromatic rings. The van der Waals surface area contributed by atoms with Gasteiger partial charge < -0.3 is 11.5 Å². The molecule has 2 rings (SSSR count). The molecule has 7 heteroatoms. The van der Waals surface area contributed by atoms with Gasteiger partial charge in [0, 0.05) is 13.2 Å². The molecule has 0 saturated heterocycles. The number of carbonyl (C=O) groups excluding carboxylic acids is 1. The summed E-state index contributed by atoms with van der Waals surface area (Å²) in [6.45, 7) is 0. The maximum absolute atomic E-state index is 11.1. The third kappa shape index (κ3) is 2.56. The van der Waals surface area contributed by atoms with Gasteiger partial charge in [-0.15, -0.1) is 0 Å². The Labute approximate surface area is 102 Å². The first-order valence-electron chi connectivity index (χ1n) is 4.78. The summed E-state index contributed by atoms with van der Waals surface area (Å²) in [5.41, 5.74) is 11.4. The number of pyridine rings is 1. The topological polar surface area (TPSA) is 99.8 Å². The van der Waals surface area contributed by atoms with Gasteiger partial charge >= 0.3 is 0 Å². The van der Waals surface area contributed by atoms with Crippen LogP contribution < -0.4 is 11.5 Å². The molecule has 88 valence electrons. The quantitative estimate of drug-likeness (QED) is 0.831. The lowest BCUT2D eigenvalue weighted by Crippen LogP contribution is -2.13. The number of nitrogen functional groups attached to an aromatic ring is 1. The van der Waals surface area contributed by atoms with E-state index < -0.39 is 5.91 Å². The Balaban J connectivity index is 2.28. The van der Waals surface area contributed by atoms with Gasteiger partial charge in [0.05, 0.1) is 28.5 Å². The van der Waals surface area contributed by atoms with Gasteiger partial charge in [0.2, 0.25) is 0 Å². The zero-order valence-corrected chi connectivity index (χ0v) is 9.94. The van der Waals surface area contributed by atoms with Crippen molar-refractivity contribution in [3.05, 3.63) is 30.2 Å². The smallest absolute Gasteiger partial charge is 0.250 e. The predicted octanol–water partition coefficient (Wildman–Crippen LogP) is 0.647. The molecule has 0 spiro atoms. The molecular weight excluding hydrogens is 238 g/mol. The number of nitrogens with zero attached hydrogens (tertiary/aromatic N) is 3. The van der Waals surface area contributed by atoms with E-state index in [2.05, 4.69) is 10.1 Å². The summed E-state index contributed by atoms with van der Waals surface area (Å²) in [5.74, 6) is -0.557. The minimum absolute atomic E-state index is 0.284. The van der Waals surface area contributed by atoms with E-state index >= 15 is 0 Å². The molecule has 2 heterocycles. The first kappa shape index (κ1) is 11.5. The number of carbonyl (C=O) groups is 1. The van der Waals surface area contributed by atoms with E-state index in [0.717, 1.165) is 4.90 Å². The highest BCUT2D eigenvalue weighted by molar-refractivity contribution is 7.99. The monoisotopic (exact) mass is 249 g/mol. The summed E-state index contributed by atoms with van der Waals surface area (Å²) in [6, 6.07) is 1.58. The zero-order valence-electron chi connectivity index (χ0n) is 9.12. The van der Waals surface area contributed by atoms with Crippen LogP contribution in [0.5, 0.6) is 0 Å². The first-order valence-corrected chi connectivity index (χ1v) is 5.60. The molecule has 0 aliphatic carbocycles. The molecule has 0 bridgehead atoms. The molecule has 0 saturated carbocycles. The minimum Gasteiger partial charge on any atom is -0.397 e. The third-order valence-corrected chi connectivity index (χ3v) is 2.96. The average molecular weight is 249 g/mol. The molecule has 17 heavy (non-hydrogen) atoms. The van der Waals surface area contributed by atoms with Crippen LogP contribution in [0.2, 0.25) is 0 Å². The number of anilines is 1. The summed E-state index contributed by atoms with van der Waals surface area (Å²) in [5, 5.41) is 4.69. The fraction of sp³-hybridized carbons (Fsp3) is 0.100. The minimum atomic E-state index is -0.557. The summed E-state index contributed by atoms with van der Waals surface area (Å²) in [4.78, 5) is 16.2. The van der Waals surface area contributed by atoms with E-state index in [9.17, 15) is 4.79 Å².